The van der Waals surface area contributed by atoms with E-state index in [0.717, 1.165) is 15.4 Å². The Morgan fingerprint density at radius 3 is 2.28 bits per heavy atom. The van der Waals surface area contributed by atoms with Crippen LogP contribution < -0.4 is 0 Å². The summed E-state index contributed by atoms with van der Waals surface area (Å²) < 4.78 is 25.9. The van der Waals surface area contributed by atoms with Gasteiger partial charge in [-0.3, -0.25) is 9.59 Å². The molecule has 0 radical (unpaired) electrons. The second kappa shape index (κ2) is 8.26. The van der Waals surface area contributed by atoms with Crippen LogP contribution in [-0.4, -0.2) is 56.5 Å². The van der Waals surface area contributed by atoms with Gasteiger partial charge in [-0.05, 0) is 55.2 Å². The summed E-state index contributed by atoms with van der Waals surface area (Å²) in [5.41, 5.74) is 3.00. The summed E-state index contributed by atoms with van der Waals surface area (Å²) in [6, 6.07) is 9.82. The van der Waals surface area contributed by atoms with Crippen molar-refractivity contribution in [2.45, 2.75) is 24.7 Å². The lowest BCUT2D eigenvalue weighted by molar-refractivity contribution is 0.0762. The van der Waals surface area contributed by atoms with Crippen LogP contribution in [0.4, 0.5) is 0 Å². The van der Waals surface area contributed by atoms with Crippen molar-refractivity contribution in [1.82, 2.24) is 9.21 Å². The van der Waals surface area contributed by atoms with E-state index in [1.54, 1.807) is 4.90 Å². The van der Waals surface area contributed by atoms with Crippen LogP contribution in [0.2, 0.25) is 5.02 Å². The highest BCUT2D eigenvalue weighted by Crippen LogP contribution is 2.25. The molecule has 0 unspecified atom stereocenters. The quantitative estimate of drug-likeness (QED) is 0.693. The van der Waals surface area contributed by atoms with Gasteiger partial charge >= 0.3 is 0 Å². The van der Waals surface area contributed by atoms with Crippen molar-refractivity contribution >= 4 is 33.3 Å². The van der Waals surface area contributed by atoms with E-state index in [2.05, 4.69) is 0 Å². The van der Waals surface area contributed by atoms with E-state index in [-0.39, 0.29) is 27.2 Å². The molecular weight excluding hydrogens is 412 g/mol. The topological polar surface area (TPSA) is 74.8 Å². The molecule has 154 valence electrons. The summed E-state index contributed by atoms with van der Waals surface area (Å²) >= 11 is 6.23. The fraction of sp³-hybridized carbons (Fsp3) is 0.333. The Morgan fingerprint density at radius 1 is 1.00 bits per heavy atom. The molecule has 0 spiro atoms. The van der Waals surface area contributed by atoms with E-state index >= 15 is 0 Å². The van der Waals surface area contributed by atoms with Gasteiger partial charge < -0.3 is 4.90 Å². The minimum absolute atomic E-state index is 0.00989. The van der Waals surface area contributed by atoms with Crippen LogP contribution in [0, 0.1) is 0 Å². The summed E-state index contributed by atoms with van der Waals surface area (Å²) in [5.74, 6) is -0.291. The van der Waals surface area contributed by atoms with Gasteiger partial charge in [0.05, 0.1) is 15.5 Å². The number of fused-ring (bicyclic) bond motifs is 1. The largest absolute Gasteiger partial charge is 0.338 e. The van der Waals surface area contributed by atoms with Crippen LogP contribution in [0.3, 0.4) is 0 Å². The summed E-state index contributed by atoms with van der Waals surface area (Å²) in [5, 5.41) is 0.216. The second-order valence-electron chi connectivity index (χ2n) is 7.26. The SMILES string of the molecule is CC(=O)c1ccc2c(c1)CCN(C(=O)c1cc(S(=O)(=O)N(C)C)ccc1Cl)CC2. The van der Waals surface area contributed by atoms with E-state index in [0.29, 0.717) is 31.5 Å². The Labute approximate surface area is 176 Å². The summed E-state index contributed by atoms with van der Waals surface area (Å²) in [4.78, 5) is 26.5. The first-order valence-corrected chi connectivity index (χ1v) is 11.1. The van der Waals surface area contributed by atoms with Gasteiger partial charge in [0, 0.05) is 32.7 Å². The van der Waals surface area contributed by atoms with E-state index in [4.69, 9.17) is 11.6 Å². The number of sulfonamides is 1. The number of nitrogens with zero attached hydrogens (tertiary/aromatic N) is 2. The third kappa shape index (κ3) is 4.37. The predicted octanol–water partition coefficient (Wildman–Crippen LogP) is 3.03. The van der Waals surface area contributed by atoms with Gasteiger partial charge in [0.1, 0.15) is 0 Å². The van der Waals surface area contributed by atoms with E-state index < -0.39 is 10.0 Å². The minimum atomic E-state index is -3.67. The zero-order chi connectivity index (χ0) is 21.3. The Balaban J connectivity index is 1.87. The molecule has 29 heavy (non-hydrogen) atoms. The van der Waals surface area contributed by atoms with Crippen molar-refractivity contribution in [2.24, 2.45) is 0 Å². The number of hydrogen-bond acceptors (Lipinski definition) is 4. The third-order valence-corrected chi connectivity index (χ3v) is 7.29. The zero-order valence-electron chi connectivity index (χ0n) is 16.6. The van der Waals surface area contributed by atoms with Gasteiger partial charge in [-0.15, -0.1) is 0 Å². The number of carbonyl (C=O) groups is 2. The molecule has 0 fully saturated rings. The van der Waals surface area contributed by atoms with Crippen molar-refractivity contribution in [2.75, 3.05) is 27.2 Å². The second-order valence-corrected chi connectivity index (χ2v) is 9.82. The van der Waals surface area contributed by atoms with Crippen molar-refractivity contribution in [1.29, 1.82) is 0 Å². The first kappa shape index (κ1) is 21.5. The average molecular weight is 435 g/mol. The predicted molar refractivity (Wildman–Crippen MR) is 112 cm³/mol. The molecule has 3 rings (SSSR count). The number of amides is 1. The Morgan fingerprint density at radius 2 is 1.66 bits per heavy atom. The number of halogens is 1. The van der Waals surface area contributed by atoms with Crippen LogP contribution in [0.5, 0.6) is 0 Å². The maximum Gasteiger partial charge on any atom is 0.255 e. The molecule has 2 aromatic carbocycles. The molecule has 6 nitrogen and oxygen atoms in total. The molecule has 8 heteroatoms. The fourth-order valence-corrected chi connectivity index (χ4v) is 4.48. The van der Waals surface area contributed by atoms with Crippen molar-refractivity contribution in [3.05, 3.63) is 63.7 Å². The number of rotatable bonds is 4. The van der Waals surface area contributed by atoms with Crippen LogP contribution in [0.25, 0.3) is 0 Å². The molecule has 2 aromatic rings. The van der Waals surface area contributed by atoms with Gasteiger partial charge in [0.2, 0.25) is 10.0 Å². The van der Waals surface area contributed by atoms with E-state index in [1.165, 1.54) is 39.2 Å². The molecule has 0 bridgehead atoms. The van der Waals surface area contributed by atoms with Gasteiger partial charge in [0.15, 0.2) is 5.78 Å². The molecule has 0 atom stereocenters. The molecule has 1 aliphatic rings. The molecule has 0 saturated carbocycles. The maximum atomic E-state index is 13.1. The lowest BCUT2D eigenvalue weighted by Crippen LogP contribution is -2.33. The minimum Gasteiger partial charge on any atom is -0.338 e. The Hall–Kier alpha value is -2.22. The van der Waals surface area contributed by atoms with Crippen LogP contribution in [-0.2, 0) is 22.9 Å². The highest BCUT2D eigenvalue weighted by atomic mass is 35.5. The van der Waals surface area contributed by atoms with Crippen LogP contribution >= 0.6 is 11.6 Å². The normalized spacial score (nSPS) is 14.4. The highest BCUT2D eigenvalue weighted by molar-refractivity contribution is 7.89. The first-order valence-electron chi connectivity index (χ1n) is 9.25. The Bertz CT molecular complexity index is 1080. The van der Waals surface area contributed by atoms with Crippen molar-refractivity contribution in [3.63, 3.8) is 0 Å². The number of Topliss-reactive ketones (excluding diaryl/α,β-unsaturated/α-hetero) is 1. The van der Waals surface area contributed by atoms with Gasteiger partial charge in [0.25, 0.3) is 5.91 Å². The lowest BCUT2D eigenvalue weighted by Gasteiger charge is -2.21. The summed E-state index contributed by atoms with van der Waals surface area (Å²) in [7, 11) is -0.798. The smallest absolute Gasteiger partial charge is 0.255 e. The van der Waals surface area contributed by atoms with Crippen LogP contribution in [0.1, 0.15) is 38.8 Å². The molecule has 1 heterocycles. The molecule has 0 aromatic heterocycles. The lowest BCUT2D eigenvalue weighted by atomic mass is 9.99. The summed E-state index contributed by atoms with van der Waals surface area (Å²) in [6.45, 7) is 2.49. The molecular formula is C21H23ClN2O4S. The number of hydrogen-bond donors (Lipinski definition) is 0. The van der Waals surface area contributed by atoms with Gasteiger partial charge in [-0.1, -0.05) is 23.7 Å². The number of ketones is 1. The average Bonchev–Trinajstić information content (AvgIpc) is 2.89. The maximum absolute atomic E-state index is 13.1. The summed E-state index contributed by atoms with van der Waals surface area (Å²) in [6.07, 6.45) is 1.28. The third-order valence-electron chi connectivity index (χ3n) is 5.15. The monoisotopic (exact) mass is 434 g/mol. The first-order chi connectivity index (χ1) is 13.6. The zero-order valence-corrected chi connectivity index (χ0v) is 18.2. The fourth-order valence-electron chi connectivity index (χ4n) is 3.36. The molecule has 1 amide bonds. The van der Waals surface area contributed by atoms with E-state index in [9.17, 15) is 18.0 Å². The molecule has 0 N–H and O–H groups in total. The molecule has 0 aliphatic carbocycles. The van der Waals surface area contributed by atoms with Crippen molar-refractivity contribution in [3.8, 4) is 0 Å². The Kier molecular flexibility index (Phi) is 6.12. The number of carbonyl (C=O) groups excluding carboxylic acids is 2. The van der Waals surface area contributed by atoms with Gasteiger partial charge in [-0.2, -0.15) is 0 Å². The van der Waals surface area contributed by atoms with Crippen molar-refractivity contribution < 1.29 is 18.0 Å². The molecule has 0 saturated heterocycles. The van der Waals surface area contributed by atoms with Gasteiger partial charge in [-0.25, -0.2) is 12.7 Å². The highest BCUT2D eigenvalue weighted by Gasteiger charge is 2.25. The van der Waals surface area contributed by atoms with Crippen LogP contribution in [0.15, 0.2) is 41.3 Å². The van der Waals surface area contributed by atoms with E-state index in [1.807, 2.05) is 18.2 Å². The molecule has 1 aliphatic heterocycles. The standard InChI is InChI=1S/C21H23ClN2O4S/c1-14(25)16-5-4-15-8-10-24(11-9-17(15)12-16)21(26)19-13-18(6-7-20(19)22)29(27,28)23(2)3/h4-7,12-13H,8-11H2,1-3H3. The number of benzene rings is 2.